The lowest BCUT2D eigenvalue weighted by molar-refractivity contribution is 0.506. The fraction of sp³-hybridized carbons (Fsp3) is 0.167. The van der Waals surface area contributed by atoms with Crippen molar-refractivity contribution in [2.75, 3.05) is 13.6 Å². The van der Waals surface area contributed by atoms with E-state index in [2.05, 4.69) is 48.4 Å². The van der Waals surface area contributed by atoms with Crippen molar-refractivity contribution in [3.63, 3.8) is 0 Å². The van der Waals surface area contributed by atoms with E-state index in [1.807, 2.05) is 0 Å². The third-order valence-electron chi connectivity index (χ3n) is 2.80. The summed E-state index contributed by atoms with van der Waals surface area (Å²) in [5.74, 6) is 0. The molecular formula is C12H11N. The van der Waals surface area contributed by atoms with Crippen molar-refractivity contribution in [2.45, 2.75) is 0 Å². The van der Waals surface area contributed by atoms with E-state index in [-0.39, 0.29) is 0 Å². The van der Waals surface area contributed by atoms with Crippen LogP contribution in [0.2, 0.25) is 0 Å². The lowest BCUT2D eigenvalue weighted by Gasteiger charge is -2.11. The van der Waals surface area contributed by atoms with Gasteiger partial charge in [0.05, 0.1) is 0 Å². The van der Waals surface area contributed by atoms with Gasteiger partial charge in [-0.05, 0) is 17.2 Å². The van der Waals surface area contributed by atoms with E-state index < -0.39 is 0 Å². The van der Waals surface area contributed by atoms with Gasteiger partial charge in [-0.1, -0.05) is 30.3 Å². The van der Waals surface area contributed by atoms with Crippen molar-refractivity contribution < 1.29 is 0 Å². The highest BCUT2D eigenvalue weighted by molar-refractivity contribution is 5.95. The van der Waals surface area contributed by atoms with Gasteiger partial charge >= 0.3 is 0 Å². The first-order valence-corrected chi connectivity index (χ1v) is 4.59. The second-order valence-electron chi connectivity index (χ2n) is 3.62. The molecule has 3 rings (SSSR count). The molecule has 1 aromatic rings. The van der Waals surface area contributed by atoms with E-state index in [0.29, 0.717) is 0 Å². The Balaban J connectivity index is 2.23. The molecule has 0 fully saturated rings. The van der Waals surface area contributed by atoms with E-state index >= 15 is 0 Å². The molecule has 1 aliphatic carbocycles. The highest BCUT2D eigenvalue weighted by Crippen LogP contribution is 2.39. The minimum Gasteiger partial charge on any atom is -0.370 e. The molecule has 1 aliphatic heterocycles. The molecule has 1 nitrogen and oxygen atoms in total. The summed E-state index contributed by atoms with van der Waals surface area (Å²) >= 11 is 0. The average Bonchev–Trinajstić information content (AvgIpc) is 2.67. The predicted octanol–water partition coefficient (Wildman–Crippen LogP) is 2.37. The van der Waals surface area contributed by atoms with Gasteiger partial charge in [0.15, 0.2) is 0 Å². The SMILES string of the molecule is CN1CC=C2C1=Cc1ccccc12. The normalized spacial score (nSPS) is 18.1. The third-order valence-corrected chi connectivity index (χ3v) is 2.80. The largest absolute Gasteiger partial charge is 0.370 e. The van der Waals surface area contributed by atoms with Gasteiger partial charge in [0.2, 0.25) is 0 Å². The zero-order valence-electron chi connectivity index (χ0n) is 7.62. The number of hydrogen-bond acceptors (Lipinski definition) is 1. The van der Waals surface area contributed by atoms with E-state index in [4.69, 9.17) is 0 Å². The molecule has 13 heavy (non-hydrogen) atoms. The first-order valence-electron chi connectivity index (χ1n) is 4.59. The molecule has 1 aromatic carbocycles. The lowest BCUT2D eigenvalue weighted by Crippen LogP contribution is -2.10. The Labute approximate surface area is 78.0 Å². The van der Waals surface area contributed by atoms with Crippen LogP contribution in [0.1, 0.15) is 11.1 Å². The molecule has 1 heterocycles. The van der Waals surface area contributed by atoms with Gasteiger partial charge in [0.25, 0.3) is 0 Å². The number of allylic oxidation sites excluding steroid dienone is 1. The molecule has 0 atom stereocenters. The molecular weight excluding hydrogens is 158 g/mol. The fourth-order valence-corrected chi connectivity index (χ4v) is 2.09. The van der Waals surface area contributed by atoms with Gasteiger partial charge in [0, 0.05) is 24.9 Å². The molecule has 0 spiro atoms. The smallest absolute Gasteiger partial charge is 0.0450 e. The molecule has 1 heteroatoms. The Morgan fingerprint density at radius 3 is 3.00 bits per heavy atom. The molecule has 0 aromatic heterocycles. The molecule has 0 bridgehead atoms. The monoisotopic (exact) mass is 169 g/mol. The topological polar surface area (TPSA) is 3.24 Å². The van der Waals surface area contributed by atoms with Gasteiger partial charge in [-0.15, -0.1) is 0 Å². The average molecular weight is 169 g/mol. The second-order valence-corrected chi connectivity index (χ2v) is 3.62. The molecule has 0 amide bonds. The van der Waals surface area contributed by atoms with Gasteiger partial charge in [0.1, 0.15) is 0 Å². The molecule has 0 saturated carbocycles. The number of rotatable bonds is 0. The number of nitrogens with zero attached hydrogens (tertiary/aromatic N) is 1. The summed E-state index contributed by atoms with van der Waals surface area (Å²) in [6.07, 6.45) is 4.58. The van der Waals surface area contributed by atoms with E-state index in [0.717, 1.165) is 6.54 Å². The third kappa shape index (κ3) is 0.816. The Morgan fingerprint density at radius 1 is 1.23 bits per heavy atom. The van der Waals surface area contributed by atoms with Gasteiger partial charge in [-0.2, -0.15) is 0 Å². The number of benzene rings is 1. The maximum Gasteiger partial charge on any atom is 0.0450 e. The van der Waals surface area contributed by atoms with Crippen LogP contribution in [0.15, 0.2) is 36.0 Å². The van der Waals surface area contributed by atoms with Crippen LogP contribution < -0.4 is 0 Å². The first kappa shape index (κ1) is 6.96. The minimum atomic E-state index is 1.05. The summed E-state index contributed by atoms with van der Waals surface area (Å²) in [5, 5.41) is 0. The van der Waals surface area contributed by atoms with Crippen molar-refractivity contribution >= 4 is 11.6 Å². The van der Waals surface area contributed by atoms with Crippen molar-refractivity contribution in [3.8, 4) is 0 Å². The highest BCUT2D eigenvalue weighted by atomic mass is 15.1. The minimum absolute atomic E-state index is 1.05. The molecule has 2 aliphatic rings. The molecule has 64 valence electrons. The summed E-state index contributed by atoms with van der Waals surface area (Å²) in [6.45, 7) is 1.05. The van der Waals surface area contributed by atoms with Crippen LogP contribution in [0, 0.1) is 0 Å². The van der Waals surface area contributed by atoms with Crippen LogP contribution in [0.4, 0.5) is 0 Å². The number of hydrogen-bond donors (Lipinski definition) is 0. The summed E-state index contributed by atoms with van der Waals surface area (Å²) in [7, 11) is 2.14. The highest BCUT2D eigenvalue weighted by Gasteiger charge is 2.24. The lowest BCUT2D eigenvalue weighted by atomic mass is 10.1. The predicted molar refractivity (Wildman–Crippen MR) is 55.0 cm³/mol. The van der Waals surface area contributed by atoms with E-state index in [9.17, 15) is 0 Å². The van der Waals surface area contributed by atoms with Crippen molar-refractivity contribution in [2.24, 2.45) is 0 Å². The van der Waals surface area contributed by atoms with Crippen LogP contribution in [0.5, 0.6) is 0 Å². The van der Waals surface area contributed by atoms with E-state index in [1.54, 1.807) is 0 Å². The Bertz CT molecular complexity index is 427. The van der Waals surface area contributed by atoms with Crippen LogP contribution in [0.3, 0.4) is 0 Å². The zero-order valence-corrected chi connectivity index (χ0v) is 7.62. The summed E-state index contributed by atoms with van der Waals surface area (Å²) < 4.78 is 0. The Morgan fingerprint density at radius 2 is 2.08 bits per heavy atom. The van der Waals surface area contributed by atoms with Gasteiger partial charge in [-0.3, -0.25) is 0 Å². The van der Waals surface area contributed by atoms with Crippen molar-refractivity contribution in [1.82, 2.24) is 4.90 Å². The summed E-state index contributed by atoms with van der Waals surface area (Å²) in [5.41, 5.74) is 5.54. The molecule has 0 unspecified atom stereocenters. The Kier molecular flexibility index (Phi) is 1.21. The quantitative estimate of drug-likeness (QED) is 0.576. The summed E-state index contributed by atoms with van der Waals surface area (Å²) in [4.78, 5) is 2.29. The second kappa shape index (κ2) is 2.25. The van der Waals surface area contributed by atoms with E-state index in [1.165, 1.54) is 22.4 Å². The number of likely N-dealkylation sites (N-methyl/N-ethyl adjacent to an activating group) is 1. The molecule has 0 radical (unpaired) electrons. The standard InChI is InChI=1S/C12H11N/c1-13-7-6-11-10-5-3-2-4-9(10)8-12(11)13/h2-6,8H,7H2,1H3. The Hall–Kier alpha value is -1.50. The van der Waals surface area contributed by atoms with Crippen LogP contribution >= 0.6 is 0 Å². The zero-order chi connectivity index (χ0) is 8.84. The van der Waals surface area contributed by atoms with Gasteiger partial charge < -0.3 is 4.90 Å². The maximum atomic E-state index is 2.30. The molecule has 0 saturated heterocycles. The number of fused-ring (bicyclic) bond motifs is 3. The molecule has 0 N–H and O–H groups in total. The maximum absolute atomic E-state index is 2.30. The first-order chi connectivity index (χ1) is 6.36. The summed E-state index contributed by atoms with van der Waals surface area (Å²) in [6, 6.07) is 8.57. The van der Waals surface area contributed by atoms with Crippen LogP contribution in [-0.4, -0.2) is 18.5 Å². The van der Waals surface area contributed by atoms with Gasteiger partial charge in [-0.25, -0.2) is 0 Å². The van der Waals surface area contributed by atoms with Crippen molar-refractivity contribution in [3.05, 3.63) is 47.2 Å². The van der Waals surface area contributed by atoms with Crippen LogP contribution in [0.25, 0.3) is 11.6 Å². The fourth-order valence-electron chi connectivity index (χ4n) is 2.09. The van der Waals surface area contributed by atoms with Crippen LogP contribution in [-0.2, 0) is 0 Å². The van der Waals surface area contributed by atoms with Crippen molar-refractivity contribution in [1.29, 1.82) is 0 Å².